The number of benzene rings is 1. The van der Waals surface area contributed by atoms with Gasteiger partial charge in [-0.1, -0.05) is 27.7 Å². The number of hydrogen-bond acceptors (Lipinski definition) is 3. The van der Waals surface area contributed by atoms with E-state index in [1.165, 1.54) is 0 Å². The number of carbonyl (C=O) groups is 2. The van der Waals surface area contributed by atoms with E-state index >= 15 is 0 Å². The van der Waals surface area contributed by atoms with Crippen LogP contribution in [0.3, 0.4) is 0 Å². The number of carbonyl (C=O) groups excluding carboxylic acids is 2. The number of nitrogens with one attached hydrogen (secondary N) is 3. The zero-order valence-electron chi connectivity index (χ0n) is 14.4. The molecular weight excluding hydrogens is 290 g/mol. The van der Waals surface area contributed by atoms with Gasteiger partial charge >= 0.3 is 0 Å². The molecule has 23 heavy (non-hydrogen) atoms. The molecule has 0 bridgehead atoms. The number of rotatable bonds is 6. The Balaban J connectivity index is 2.04. The molecule has 0 aromatic heterocycles. The predicted molar refractivity (Wildman–Crippen MR) is 93.7 cm³/mol. The summed E-state index contributed by atoms with van der Waals surface area (Å²) in [6.07, 6.45) is 1.73. The molecular formula is C18H27N3O2. The quantitative estimate of drug-likeness (QED) is 0.754. The topological polar surface area (TPSA) is 70.2 Å². The average Bonchev–Trinajstić information content (AvgIpc) is 2.46. The summed E-state index contributed by atoms with van der Waals surface area (Å²) < 4.78 is 0. The fraction of sp³-hybridized carbons (Fsp3) is 0.556. The molecule has 1 aromatic rings. The van der Waals surface area contributed by atoms with Crippen LogP contribution in [0.2, 0.25) is 0 Å². The highest BCUT2D eigenvalue weighted by Crippen LogP contribution is 2.29. The van der Waals surface area contributed by atoms with Gasteiger partial charge in [0.1, 0.15) is 6.04 Å². The van der Waals surface area contributed by atoms with Gasteiger partial charge in [-0.15, -0.1) is 0 Å². The highest BCUT2D eigenvalue weighted by atomic mass is 16.2. The monoisotopic (exact) mass is 317 g/mol. The normalized spacial score (nSPS) is 16.8. The number of fused-ring (bicyclic) bond motifs is 1. The lowest BCUT2D eigenvalue weighted by Crippen LogP contribution is -2.39. The standard InChI is InChI=1S/C18H27N3O2/c1-11(2)7-8-19-17(22)13-5-6-14-15(10-13)21-18(23)16(20-14)9-12(3)4/h5-6,10-12,16,20H,7-9H2,1-4H3,(H,19,22)(H,21,23). The van der Waals surface area contributed by atoms with Crippen LogP contribution in [0.4, 0.5) is 11.4 Å². The van der Waals surface area contributed by atoms with E-state index in [1.54, 1.807) is 12.1 Å². The summed E-state index contributed by atoms with van der Waals surface area (Å²) in [7, 11) is 0. The molecule has 1 aliphatic rings. The van der Waals surface area contributed by atoms with Gasteiger partial charge in [-0.25, -0.2) is 0 Å². The Labute approximate surface area is 138 Å². The Bertz CT molecular complexity index is 582. The van der Waals surface area contributed by atoms with Gasteiger partial charge < -0.3 is 16.0 Å². The van der Waals surface area contributed by atoms with Crippen molar-refractivity contribution in [3.05, 3.63) is 23.8 Å². The Morgan fingerprint density at radius 2 is 1.91 bits per heavy atom. The maximum atomic E-state index is 12.2. The molecule has 0 saturated carbocycles. The molecule has 1 heterocycles. The molecule has 0 saturated heterocycles. The summed E-state index contributed by atoms with van der Waals surface area (Å²) >= 11 is 0. The van der Waals surface area contributed by atoms with Crippen molar-refractivity contribution < 1.29 is 9.59 Å². The van der Waals surface area contributed by atoms with Gasteiger partial charge in [-0.3, -0.25) is 9.59 Å². The third-order valence-electron chi connectivity index (χ3n) is 3.90. The SMILES string of the molecule is CC(C)CCNC(=O)c1ccc2c(c1)NC(=O)C(CC(C)C)N2. The Hall–Kier alpha value is -2.04. The largest absolute Gasteiger partial charge is 0.372 e. The molecule has 0 aliphatic carbocycles. The van der Waals surface area contributed by atoms with Crippen LogP contribution in [0.5, 0.6) is 0 Å². The fourth-order valence-electron chi connectivity index (χ4n) is 2.60. The molecule has 2 rings (SSSR count). The molecule has 0 radical (unpaired) electrons. The van der Waals surface area contributed by atoms with Crippen LogP contribution in [0.1, 0.15) is 50.9 Å². The Morgan fingerprint density at radius 3 is 2.57 bits per heavy atom. The second kappa shape index (κ2) is 7.49. The summed E-state index contributed by atoms with van der Waals surface area (Å²) in [6.45, 7) is 9.10. The molecule has 126 valence electrons. The van der Waals surface area contributed by atoms with Crippen molar-refractivity contribution in [3.63, 3.8) is 0 Å². The maximum Gasteiger partial charge on any atom is 0.251 e. The van der Waals surface area contributed by atoms with Crippen LogP contribution in [-0.4, -0.2) is 24.4 Å². The molecule has 1 atom stereocenters. The van der Waals surface area contributed by atoms with E-state index < -0.39 is 0 Å². The molecule has 1 aromatic carbocycles. The van der Waals surface area contributed by atoms with Crippen molar-refractivity contribution in [1.82, 2.24) is 5.32 Å². The molecule has 0 spiro atoms. The van der Waals surface area contributed by atoms with Crippen molar-refractivity contribution in [2.75, 3.05) is 17.2 Å². The number of anilines is 2. The lowest BCUT2D eigenvalue weighted by Gasteiger charge is -2.28. The van der Waals surface area contributed by atoms with Gasteiger partial charge in [0.2, 0.25) is 5.91 Å². The van der Waals surface area contributed by atoms with E-state index in [0.717, 1.165) is 18.5 Å². The van der Waals surface area contributed by atoms with Crippen LogP contribution in [0, 0.1) is 11.8 Å². The van der Waals surface area contributed by atoms with E-state index in [2.05, 4.69) is 43.6 Å². The minimum atomic E-state index is -0.215. The summed E-state index contributed by atoms with van der Waals surface area (Å²) in [4.78, 5) is 24.3. The highest BCUT2D eigenvalue weighted by molar-refractivity contribution is 6.05. The van der Waals surface area contributed by atoms with Crippen LogP contribution in [0.25, 0.3) is 0 Å². The first-order valence-corrected chi connectivity index (χ1v) is 8.36. The second-order valence-corrected chi connectivity index (χ2v) is 7.01. The lowest BCUT2D eigenvalue weighted by molar-refractivity contribution is -0.117. The smallest absolute Gasteiger partial charge is 0.251 e. The van der Waals surface area contributed by atoms with Crippen LogP contribution in [-0.2, 0) is 4.79 Å². The van der Waals surface area contributed by atoms with Crippen LogP contribution >= 0.6 is 0 Å². The molecule has 2 amide bonds. The molecule has 1 aliphatic heterocycles. The predicted octanol–water partition coefficient (Wildman–Crippen LogP) is 3.24. The van der Waals surface area contributed by atoms with Gasteiger partial charge in [-0.2, -0.15) is 0 Å². The van der Waals surface area contributed by atoms with Crippen molar-refractivity contribution >= 4 is 23.2 Å². The Kier molecular flexibility index (Phi) is 5.64. The summed E-state index contributed by atoms with van der Waals surface area (Å²) in [5.41, 5.74) is 2.11. The van der Waals surface area contributed by atoms with E-state index in [4.69, 9.17) is 0 Å². The zero-order valence-corrected chi connectivity index (χ0v) is 14.4. The zero-order chi connectivity index (χ0) is 17.0. The molecule has 3 N–H and O–H groups in total. The number of amides is 2. The number of hydrogen-bond donors (Lipinski definition) is 3. The van der Waals surface area contributed by atoms with Crippen LogP contribution in [0.15, 0.2) is 18.2 Å². The van der Waals surface area contributed by atoms with Crippen molar-refractivity contribution in [2.24, 2.45) is 11.8 Å². The van der Waals surface area contributed by atoms with E-state index in [9.17, 15) is 9.59 Å². The third kappa shape index (κ3) is 4.71. The minimum absolute atomic E-state index is 0.0384. The average molecular weight is 317 g/mol. The van der Waals surface area contributed by atoms with Gasteiger partial charge in [0.15, 0.2) is 0 Å². The maximum absolute atomic E-state index is 12.2. The first-order chi connectivity index (χ1) is 10.9. The van der Waals surface area contributed by atoms with Crippen LogP contribution < -0.4 is 16.0 Å². The van der Waals surface area contributed by atoms with Gasteiger partial charge in [-0.05, 0) is 42.9 Å². The first kappa shape index (κ1) is 17.3. The van der Waals surface area contributed by atoms with E-state index in [1.807, 2.05) is 6.07 Å². The minimum Gasteiger partial charge on any atom is -0.372 e. The fourth-order valence-corrected chi connectivity index (χ4v) is 2.60. The van der Waals surface area contributed by atoms with Crippen molar-refractivity contribution in [3.8, 4) is 0 Å². The molecule has 5 heteroatoms. The summed E-state index contributed by atoms with van der Waals surface area (Å²) in [6, 6.07) is 5.17. The highest BCUT2D eigenvalue weighted by Gasteiger charge is 2.26. The lowest BCUT2D eigenvalue weighted by atomic mass is 10.00. The summed E-state index contributed by atoms with van der Waals surface area (Å²) in [5, 5.41) is 9.07. The van der Waals surface area contributed by atoms with Gasteiger partial charge in [0.05, 0.1) is 11.4 Å². The van der Waals surface area contributed by atoms with Gasteiger partial charge in [0, 0.05) is 12.1 Å². The van der Waals surface area contributed by atoms with E-state index in [-0.39, 0.29) is 17.9 Å². The second-order valence-electron chi connectivity index (χ2n) is 7.01. The molecule has 0 fully saturated rings. The van der Waals surface area contributed by atoms with Crippen molar-refractivity contribution in [1.29, 1.82) is 0 Å². The third-order valence-corrected chi connectivity index (χ3v) is 3.90. The summed E-state index contributed by atoms with van der Waals surface area (Å²) in [5.74, 6) is 0.849. The molecule has 5 nitrogen and oxygen atoms in total. The first-order valence-electron chi connectivity index (χ1n) is 8.36. The van der Waals surface area contributed by atoms with E-state index in [0.29, 0.717) is 29.6 Å². The molecule has 1 unspecified atom stereocenters. The van der Waals surface area contributed by atoms with Crippen molar-refractivity contribution in [2.45, 2.75) is 46.6 Å². The Morgan fingerprint density at radius 1 is 1.17 bits per heavy atom. The van der Waals surface area contributed by atoms with Gasteiger partial charge in [0.25, 0.3) is 5.91 Å².